The van der Waals surface area contributed by atoms with Gasteiger partial charge in [-0.1, -0.05) is 18.7 Å². The molecule has 3 fully saturated rings. The van der Waals surface area contributed by atoms with Crippen molar-refractivity contribution in [3.8, 4) is 0 Å². The second-order valence-corrected chi connectivity index (χ2v) is 8.94. The van der Waals surface area contributed by atoms with Gasteiger partial charge in [-0.05, 0) is 12.3 Å². The molecular formula is C22H27ClO10. The van der Waals surface area contributed by atoms with Crippen LogP contribution >= 0.6 is 11.6 Å². The minimum absolute atomic E-state index is 0.0254. The molecule has 0 radical (unpaired) electrons. The van der Waals surface area contributed by atoms with E-state index in [0.717, 1.165) is 6.92 Å². The van der Waals surface area contributed by atoms with Crippen molar-refractivity contribution in [1.82, 2.24) is 0 Å². The van der Waals surface area contributed by atoms with Crippen molar-refractivity contribution >= 4 is 35.5 Å². The monoisotopic (exact) mass is 486 g/mol. The Hall–Kier alpha value is -2.43. The van der Waals surface area contributed by atoms with Gasteiger partial charge in [0, 0.05) is 31.8 Å². The number of alkyl halides is 1. The lowest BCUT2D eigenvalue weighted by Crippen LogP contribution is -2.54. The molecule has 0 aromatic rings. The standard InChI is InChI=1S/C22H27ClO10/c1-9-5-14(32-21(28)15(7-23)30-11(3)25)17-10(2)20(27)33-19(17)18-13(9)6-16(31-12(4)26)22(18,29)8-24/h13-19,24,29H,1-2,5-8H2,3-4H3. The van der Waals surface area contributed by atoms with Gasteiger partial charge in [0.2, 0.25) is 6.10 Å². The van der Waals surface area contributed by atoms with Crippen molar-refractivity contribution in [2.75, 3.05) is 12.5 Å². The summed E-state index contributed by atoms with van der Waals surface area (Å²) < 4.78 is 21.3. The molecule has 10 nitrogen and oxygen atoms in total. The average Bonchev–Trinajstić information content (AvgIpc) is 3.14. The van der Waals surface area contributed by atoms with Gasteiger partial charge in [0.05, 0.1) is 18.4 Å². The molecule has 3 aliphatic rings. The Balaban J connectivity index is 1.97. The van der Waals surface area contributed by atoms with Crippen LogP contribution in [0.25, 0.3) is 0 Å². The van der Waals surface area contributed by atoms with Crippen molar-refractivity contribution in [2.45, 2.75) is 56.7 Å². The lowest BCUT2D eigenvalue weighted by Gasteiger charge is -2.37. The number of carbonyl (C=O) groups excluding carboxylic acids is 4. The zero-order valence-electron chi connectivity index (χ0n) is 18.3. The zero-order chi connectivity index (χ0) is 24.7. The number of aliphatic hydroxyl groups excluding tert-OH is 1. The summed E-state index contributed by atoms with van der Waals surface area (Å²) in [5.74, 6) is -5.63. The van der Waals surface area contributed by atoms with E-state index in [1.54, 1.807) is 0 Å². The number of esters is 4. The van der Waals surface area contributed by atoms with Gasteiger partial charge in [0.15, 0.2) is 0 Å². The number of rotatable bonds is 6. The molecule has 3 rings (SSSR count). The normalized spacial score (nSPS) is 36.2. The Morgan fingerprint density at radius 3 is 2.45 bits per heavy atom. The summed E-state index contributed by atoms with van der Waals surface area (Å²) in [5, 5.41) is 21.5. The number of hydrogen-bond acceptors (Lipinski definition) is 10. The Morgan fingerprint density at radius 2 is 1.91 bits per heavy atom. The van der Waals surface area contributed by atoms with E-state index in [2.05, 4.69) is 13.2 Å². The van der Waals surface area contributed by atoms with Crippen molar-refractivity contribution < 1.29 is 48.3 Å². The summed E-state index contributed by atoms with van der Waals surface area (Å²) in [6.07, 6.45) is -4.21. The summed E-state index contributed by atoms with van der Waals surface area (Å²) in [5.41, 5.74) is -1.35. The van der Waals surface area contributed by atoms with Crippen LogP contribution in [0.2, 0.25) is 0 Å². The summed E-state index contributed by atoms with van der Waals surface area (Å²) in [7, 11) is 0. The minimum atomic E-state index is -1.93. The molecule has 0 bridgehead atoms. The third-order valence-corrected chi connectivity index (χ3v) is 6.86. The Labute approximate surface area is 195 Å². The zero-order valence-corrected chi connectivity index (χ0v) is 19.1. The third-order valence-electron chi connectivity index (χ3n) is 6.58. The first-order chi connectivity index (χ1) is 15.4. The highest BCUT2D eigenvalue weighted by atomic mass is 35.5. The molecule has 1 heterocycles. The molecule has 8 atom stereocenters. The smallest absolute Gasteiger partial charge is 0.349 e. The highest BCUT2D eigenvalue weighted by molar-refractivity contribution is 6.19. The van der Waals surface area contributed by atoms with Crippen LogP contribution in [0.4, 0.5) is 0 Å². The van der Waals surface area contributed by atoms with Gasteiger partial charge in [0.25, 0.3) is 0 Å². The molecule has 2 N–H and O–H groups in total. The predicted molar refractivity (Wildman–Crippen MR) is 112 cm³/mol. The number of halogens is 1. The maximum atomic E-state index is 12.7. The lowest BCUT2D eigenvalue weighted by atomic mass is 9.76. The molecule has 1 aliphatic heterocycles. The van der Waals surface area contributed by atoms with Crippen LogP contribution in [0.3, 0.4) is 0 Å². The quantitative estimate of drug-likeness (QED) is 0.178. The molecule has 8 unspecified atom stereocenters. The molecule has 0 aromatic heterocycles. The van der Waals surface area contributed by atoms with E-state index in [-0.39, 0.29) is 24.3 Å². The average molecular weight is 487 g/mol. The van der Waals surface area contributed by atoms with E-state index in [1.165, 1.54) is 6.92 Å². The first-order valence-corrected chi connectivity index (χ1v) is 11.0. The summed E-state index contributed by atoms with van der Waals surface area (Å²) in [6.45, 7) is 9.39. The van der Waals surface area contributed by atoms with E-state index in [9.17, 15) is 29.4 Å². The Bertz CT molecular complexity index is 884. The molecule has 1 saturated heterocycles. The molecule has 11 heteroatoms. The molecule has 33 heavy (non-hydrogen) atoms. The molecule has 182 valence electrons. The van der Waals surface area contributed by atoms with Crippen molar-refractivity contribution in [2.24, 2.45) is 17.8 Å². The van der Waals surface area contributed by atoms with Crippen LogP contribution in [0.5, 0.6) is 0 Å². The first-order valence-electron chi connectivity index (χ1n) is 10.5. The van der Waals surface area contributed by atoms with E-state index < -0.39 is 78.3 Å². The van der Waals surface area contributed by atoms with Crippen LogP contribution in [0.15, 0.2) is 24.3 Å². The highest BCUT2D eigenvalue weighted by Gasteiger charge is 2.65. The maximum absolute atomic E-state index is 12.7. The van der Waals surface area contributed by atoms with Crippen molar-refractivity contribution in [3.63, 3.8) is 0 Å². The second kappa shape index (κ2) is 9.44. The van der Waals surface area contributed by atoms with Crippen LogP contribution in [-0.2, 0) is 38.1 Å². The summed E-state index contributed by atoms with van der Waals surface area (Å²) in [4.78, 5) is 48.0. The number of ether oxygens (including phenoxy) is 4. The van der Waals surface area contributed by atoms with E-state index in [0.29, 0.717) is 5.57 Å². The molecule has 0 aromatic carbocycles. The topological polar surface area (TPSA) is 146 Å². The van der Waals surface area contributed by atoms with E-state index >= 15 is 0 Å². The number of aliphatic hydroxyl groups is 2. The van der Waals surface area contributed by atoms with Gasteiger partial charge in [0.1, 0.15) is 23.9 Å². The molecule has 2 saturated carbocycles. The summed E-state index contributed by atoms with van der Waals surface area (Å²) >= 11 is 5.75. The molecule has 0 spiro atoms. The van der Waals surface area contributed by atoms with Crippen molar-refractivity contribution in [3.05, 3.63) is 24.3 Å². The lowest BCUT2D eigenvalue weighted by molar-refractivity contribution is -0.183. The van der Waals surface area contributed by atoms with Crippen LogP contribution in [-0.4, -0.2) is 76.6 Å². The van der Waals surface area contributed by atoms with Gasteiger partial charge < -0.3 is 29.2 Å². The number of fused-ring (bicyclic) bond motifs is 3. The predicted octanol–water partition coefficient (Wildman–Crippen LogP) is 0.418. The summed E-state index contributed by atoms with van der Waals surface area (Å²) in [6, 6.07) is 0. The van der Waals surface area contributed by atoms with Gasteiger partial charge in [-0.15, -0.1) is 11.6 Å². The fourth-order valence-corrected chi connectivity index (χ4v) is 5.38. The van der Waals surface area contributed by atoms with Crippen LogP contribution in [0.1, 0.15) is 26.7 Å². The fourth-order valence-electron chi connectivity index (χ4n) is 5.20. The molecular weight excluding hydrogens is 460 g/mol. The molecule has 2 aliphatic carbocycles. The Kier molecular flexibility index (Phi) is 7.21. The van der Waals surface area contributed by atoms with Gasteiger partial charge >= 0.3 is 23.9 Å². The number of carbonyl (C=O) groups is 4. The minimum Gasteiger partial charge on any atom is -0.459 e. The van der Waals surface area contributed by atoms with Gasteiger partial charge in [-0.3, -0.25) is 9.59 Å². The van der Waals surface area contributed by atoms with E-state index in [1.807, 2.05) is 0 Å². The molecule has 0 amide bonds. The van der Waals surface area contributed by atoms with Crippen LogP contribution in [0, 0.1) is 17.8 Å². The van der Waals surface area contributed by atoms with E-state index in [4.69, 9.17) is 30.5 Å². The maximum Gasteiger partial charge on any atom is 0.349 e. The first kappa shape index (κ1) is 25.2. The van der Waals surface area contributed by atoms with Crippen molar-refractivity contribution in [1.29, 1.82) is 0 Å². The SMILES string of the molecule is C=C1CC(OC(=O)C(CCl)OC(C)=O)C2C(=C)C(=O)OC2C2C1CC(OC(C)=O)C2(O)CO. The second-order valence-electron chi connectivity index (χ2n) is 8.63. The van der Waals surface area contributed by atoms with Gasteiger partial charge in [-0.2, -0.15) is 0 Å². The Morgan fingerprint density at radius 1 is 1.24 bits per heavy atom. The van der Waals surface area contributed by atoms with Crippen LogP contribution < -0.4 is 0 Å². The highest BCUT2D eigenvalue weighted by Crippen LogP contribution is 2.55. The third kappa shape index (κ3) is 4.51. The van der Waals surface area contributed by atoms with Gasteiger partial charge in [-0.25, -0.2) is 9.59 Å². The fraction of sp³-hybridized carbons (Fsp3) is 0.636. The number of hydrogen-bond donors (Lipinski definition) is 2. The largest absolute Gasteiger partial charge is 0.459 e.